The molecule has 1 saturated heterocycles. The third-order valence-electron chi connectivity index (χ3n) is 5.56. The molecule has 0 unspecified atom stereocenters. The number of nitrogens with one attached hydrogen (secondary N) is 2. The average Bonchev–Trinajstić information content (AvgIpc) is 3.31. The lowest BCUT2D eigenvalue weighted by atomic mass is 9.99. The average molecular weight is 418 g/mol. The lowest BCUT2D eigenvalue weighted by Crippen LogP contribution is -2.24. The fraction of sp³-hybridized carbons (Fsp3) is 0.333. The Bertz CT molecular complexity index is 1010. The van der Waals surface area contributed by atoms with Crippen molar-refractivity contribution in [2.75, 3.05) is 62.9 Å². The van der Waals surface area contributed by atoms with E-state index in [1.54, 1.807) is 0 Å². The number of benzene rings is 2. The minimum atomic E-state index is 0.282. The maximum atomic E-state index is 5.89. The number of hydrogen-bond donors (Lipinski definition) is 3. The Morgan fingerprint density at radius 1 is 1.10 bits per heavy atom. The first-order chi connectivity index (χ1) is 15.1. The molecule has 0 spiro atoms. The predicted molar refractivity (Wildman–Crippen MR) is 129 cm³/mol. The predicted octanol–water partition coefficient (Wildman–Crippen LogP) is 3.12. The molecule has 2 aromatic carbocycles. The van der Waals surface area contributed by atoms with Crippen molar-refractivity contribution in [1.29, 1.82) is 0 Å². The van der Waals surface area contributed by atoms with E-state index in [0.717, 1.165) is 61.8 Å². The van der Waals surface area contributed by atoms with Gasteiger partial charge >= 0.3 is 0 Å². The van der Waals surface area contributed by atoms with E-state index < -0.39 is 0 Å². The highest BCUT2D eigenvalue weighted by Gasteiger charge is 2.12. The molecule has 4 N–H and O–H groups in total. The molecule has 7 nitrogen and oxygen atoms in total. The summed E-state index contributed by atoms with van der Waals surface area (Å²) in [4.78, 5) is 13.3. The Hall–Kier alpha value is -3.16. The van der Waals surface area contributed by atoms with Gasteiger partial charge in [-0.1, -0.05) is 30.3 Å². The maximum absolute atomic E-state index is 5.89. The Morgan fingerprint density at radius 3 is 2.65 bits per heavy atom. The van der Waals surface area contributed by atoms with Crippen molar-refractivity contribution in [2.24, 2.45) is 0 Å². The highest BCUT2D eigenvalue weighted by Crippen LogP contribution is 2.31. The van der Waals surface area contributed by atoms with Crippen molar-refractivity contribution in [2.45, 2.75) is 6.42 Å². The third kappa shape index (κ3) is 5.31. The van der Waals surface area contributed by atoms with E-state index in [1.165, 1.54) is 11.3 Å². The number of nitrogen functional groups attached to an aromatic ring is 1. The van der Waals surface area contributed by atoms with Crippen LogP contribution in [0.5, 0.6) is 0 Å². The van der Waals surface area contributed by atoms with E-state index >= 15 is 0 Å². The molecule has 1 fully saturated rings. The quantitative estimate of drug-likeness (QED) is 0.486. The van der Waals surface area contributed by atoms with Crippen LogP contribution < -0.4 is 21.3 Å². The normalized spacial score (nSPS) is 14.0. The van der Waals surface area contributed by atoms with Crippen LogP contribution >= 0.6 is 0 Å². The molecule has 1 aliphatic rings. The summed E-state index contributed by atoms with van der Waals surface area (Å²) in [6, 6.07) is 17.0. The highest BCUT2D eigenvalue weighted by molar-refractivity contribution is 5.80. The van der Waals surface area contributed by atoms with Crippen LogP contribution in [0.25, 0.3) is 22.3 Å². The number of hydrogen-bond acceptors (Lipinski definition) is 7. The van der Waals surface area contributed by atoms with Crippen molar-refractivity contribution in [3.63, 3.8) is 0 Å². The molecular weight excluding hydrogens is 386 g/mol. The van der Waals surface area contributed by atoms with E-state index in [-0.39, 0.29) is 5.95 Å². The molecule has 0 bridgehead atoms. The topological polar surface area (TPSA) is 82.3 Å². The fourth-order valence-corrected chi connectivity index (χ4v) is 3.83. The zero-order valence-corrected chi connectivity index (χ0v) is 18.3. The van der Waals surface area contributed by atoms with Crippen molar-refractivity contribution in [1.82, 2.24) is 20.2 Å². The number of anilines is 3. The molecule has 0 aliphatic carbocycles. The summed E-state index contributed by atoms with van der Waals surface area (Å²) in [7, 11) is 4.11. The van der Waals surface area contributed by atoms with E-state index in [2.05, 4.69) is 93.0 Å². The summed E-state index contributed by atoms with van der Waals surface area (Å²) < 4.78 is 0. The molecule has 162 valence electrons. The van der Waals surface area contributed by atoms with Crippen LogP contribution in [0.15, 0.2) is 54.7 Å². The summed E-state index contributed by atoms with van der Waals surface area (Å²) >= 11 is 0. The summed E-state index contributed by atoms with van der Waals surface area (Å²) in [5.74, 6) is 1.07. The van der Waals surface area contributed by atoms with Gasteiger partial charge in [-0.25, -0.2) is 4.98 Å². The monoisotopic (exact) mass is 417 g/mol. The first kappa shape index (κ1) is 21.1. The van der Waals surface area contributed by atoms with Gasteiger partial charge in [0.2, 0.25) is 5.95 Å². The van der Waals surface area contributed by atoms with Crippen LogP contribution in [0.1, 0.15) is 6.42 Å². The second-order valence-electron chi connectivity index (χ2n) is 8.07. The van der Waals surface area contributed by atoms with Crippen LogP contribution in [-0.2, 0) is 0 Å². The lowest BCUT2D eigenvalue weighted by Gasteiger charge is -2.16. The van der Waals surface area contributed by atoms with Crippen molar-refractivity contribution in [3.8, 4) is 22.3 Å². The van der Waals surface area contributed by atoms with Gasteiger partial charge in [0.05, 0.1) is 0 Å². The SMILES string of the molecule is CN(C)c1cccc(-c2cccc(-c3cnc(N)nc3NCCCN3CCNC3)c2)c1. The largest absolute Gasteiger partial charge is 0.378 e. The van der Waals surface area contributed by atoms with Crippen LogP contribution in [-0.4, -0.2) is 61.8 Å². The van der Waals surface area contributed by atoms with E-state index in [1.807, 2.05) is 6.20 Å². The molecule has 31 heavy (non-hydrogen) atoms. The summed E-state index contributed by atoms with van der Waals surface area (Å²) in [5, 5.41) is 6.84. The van der Waals surface area contributed by atoms with Gasteiger partial charge in [-0.2, -0.15) is 4.98 Å². The van der Waals surface area contributed by atoms with E-state index in [9.17, 15) is 0 Å². The fourth-order valence-electron chi connectivity index (χ4n) is 3.83. The van der Waals surface area contributed by atoms with E-state index in [0.29, 0.717) is 0 Å². The van der Waals surface area contributed by atoms with Crippen LogP contribution in [0.2, 0.25) is 0 Å². The summed E-state index contributed by atoms with van der Waals surface area (Å²) in [6.07, 6.45) is 2.85. The Balaban J connectivity index is 1.53. The lowest BCUT2D eigenvalue weighted by molar-refractivity contribution is 0.333. The minimum Gasteiger partial charge on any atom is -0.378 e. The smallest absolute Gasteiger partial charge is 0.221 e. The Kier molecular flexibility index (Phi) is 6.64. The summed E-state index contributed by atoms with van der Waals surface area (Å²) in [6.45, 7) is 5.08. The van der Waals surface area contributed by atoms with Crippen LogP contribution in [0.3, 0.4) is 0 Å². The van der Waals surface area contributed by atoms with Gasteiger partial charge in [0.15, 0.2) is 0 Å². The Morgan fingerprint density at radius 2 is 1.87 bits per heavy atom. The molecular formula is C24H31N7. The standard InChI is InChI=1S/C24H31N7/c1-30(2)21-9-4-7-19(15-21)18-6-3-8-20(14-18)22-16-28-24(25)29-23(22)27-10-5-12-31-13-11-26-17-31/h3-4,6-9,14-16,26H,5,10-13,17H2,1-2H3,(H3,25,27,28,29). The van der Waals surface area contributed by atoms with Crippen molar-refractivity contribution < 1.29 is 0 Å². The van der Waals surface area contributed by atoms with Gasteiger partial charge < -0.3 is 21.3 Å². The molecule has 0 atom stereocenters. The van der Waals surface area contributed by atoms with Crippen LogP contribution in [0.4, 0.5) is 17.5 Å². The molecule has 2 heterocycles. The molecule has 0 radical (unpaired) electrons. The summed E-state index contributed by atoms with van der Waals surface area (Å²) in [5.41, 5.74) is 11.4. The maximum Gasteiger partial charge on any atom is 0.221 e. The molecule has 3 aromatic rings. The van der Waals surface area contributed by atoms with E-state index in [4.69, 9.17) is 5.73 Å². The van der Waals surface area contributed by atoms with Gasteiger partial charge in [-0.3, -0.25) is 4.90 Å². The molecule has 0 amide bonds. The highest BCUT2D eigenvalue weighted by atomic mass is 15.3. The molecule has 1 aromatic heterocycles. The van der Waals surface area contributed by atoms with Gasteiger partial charge in [0.1, 0.15) is 5.82 Å². The number of nitrogens with zero attached hydrogens (tertiary/aromatic N) is 4. The number of nitrogens with two attached hydrogens (primary N) is 1. The second kappa shape index (κ2) is 9.76. The van der Waals surface area contributed by atoms with Gasteiger partial charge in [-0.05, 0) is 41.3 Å². The zero-order valence-electron chi connectivity index (χ0n) is 18.3. The zero-order chi connectivity index (χ0) is 21.6. The minimum absolute atomic E-state index is 0.282. The number of rotatable bonds is 8. The first-order valence-corrected chi connectivity index (χ1v) is 10.8. The molecule has 1 aliphatic heterocycles. The third-order valence-corrected chi connectivity index (χ3v) is 5.56. The van der Waals surface area contributed by atoms with Crippen molar-refractivity contribution in [3.05, 3.63) is 54.7 Å². The molecule has 7 heteroatoms. The molecule has 4 rings (SSSR count). The number of aromatic nitrogens is 2. The molecule has 0 saturated carbocycles. The second-order valence-corrected chi connectivity index (χ2v) is 8.07. The first-order valence-electron chi connectivity index (χ1n) is 10.8. The van der Waals surface area contributed by atoms with Crippen LogP contribution in [0, 0.1) is 0 Å². The van der Waals surface area contributed by atoms with Gasteiger partial charge in [0.25, 0.3) is 0 Å². The van der Waals surface area contributed by atoms with Gasteiger partial charge in [-0.15, -0.1) is 0 Å². The van der Waals surface area contributed by atoms with Crippen molar-refractivity contribution >= 4 is 17.5 Å². The Labute approximate surface area is 184 Å². The van der Waals surface area contributed by atoms with Gasteiger partial charge in [0, 0.05) is 64.4 Å².